The molecule has 0 unspecified atom stereocenters. The van der Waals surface area contributed by atoms with Crippen molar-refractivity contribution in [3.8, 4) is 11.5 Å². The highest BCUT2D eigenvalue weighted by molar-refractivity contribution is 7.71. The minimum absolute atomic E-state index is 0.325. The molecule has 0 saturated heterocycles. The number of hydrogen-bond acceptors (Lipinski definition) is 5. The lowest BCUT2D eigenvalue weighted by atomic mass is 10.0. The number of aromatic amines is 1. The molecule has 0 bridgehead atoms. The SMILES string of the molecule is CCC(CC)c1n[nH]c(=S)n1/N=C\c1ccc(OC)c(OC)c1. The molecule has 0 aliphatic carbocycles. The Morgan fingerprint density at radius 2 is 1.96 bits per heavy atom. The van der Waals surface area contributed by atoms with Crippen molar-refractivity contribution in [1.82, 2.24) is 14.9 Å². The van der Waals surface area contributed by atoms with Crippen LogP contribution in [0, 0.1) is 4.77 Å². The summed E-state index contributed by atoms with van der Waals surface area (Å²) in [6.45, 7) is 4.27. The standard InChI is InChI=1S/C16H22N4O2S/c1-5-12(6-2)15-18-19-16(23)20(15)17-10-11-7-8-13(21-3)14(9-11)22-4/h7-10,12H,5-6H2,1-4H3,(H,19,23)/b17-10-. The van der Waals surface area contributed by atoms with Gasteiger partial charge in [-0.15, -0.1) is 0 Å². The van der Waals surface area contributed by atoms with E-state index in [0.29, 0.717) is 22.2 Å². The van der Waals surface area contributed by atoms with Crippen LogP contribution in [0.4, 0.5) is 0 Å². The van der Waals surface area contributed by atoms with E-state index in [4.69, 9.17) is 21.7 Å². The average Bonchev–Trinajstić information content (AvgIpc) is 2.94. The van der Waals surface area contributed by atoms with Crippen LogP contribution >= 0.6 is 12.2 Å². The summed E-state index contributed by atoms with van der Waals surface area (Å²) in [5.74, 6) is 2.52. The maximum atomic E-state index is 5.30. The summed E-state index contributed by atoms with van der Waals surface area (Å²) in [7, 11) is 3.22. The van der Waals surface area contributed by atoms with E-state index in [-0.39, 0.29) is 0 Å². The first-order valence-electron chi connectivity index (χ1n) is 7.58. The quantitative estimate of drug-likeness (QED) is 0.619. The fraction of sp³-hybridized carbons (Fsp3) is 0.438. The normalized spacial score (nSPS) is 11.3. The topological polar surface area (TPSA) is 64.4 Å². The number of rotatable bonds is 7. The second-order valence-electron chi connectivity index (χ2n) is 5.07. The molecule has 2 rings (SSSR count). The number of aromatic nitrogens is 3. The summed E-state index contributed by atoms with van der Waals surface area (Å²) in [5, 5.41) is 11.6. The maximum Gasteiger partial charge on any atom is 0.216 e. The second kappa shape index (κ2) is 7.92. The molecule has 0 amide bonds. The van der Waals surface area contributed by atoms with Gasteiger partial charge in [-0.25, -0.2) is 0 Å². The van der Waals surface area contributed by atoms with Crippen LogP contribution in [-0.2, 0) is 0 Å². The van der Waals surface area contributed by atoms with Gasteiger partial charge in [0.05, 0.1) is 20.4 Å². The lowest BCUT2D eigenvalue weighted by Crippen LogP contribution is -2.05. The van der Waals surface area contributed by atoms with Crippen LogP contribution in [0.5, 0.6) is 11.5 Å². The van der Waals surface area contributed by atoms with E-state index in [2.05, 4.69) is 29.1 Å². The van der Waals surface area contributed by atoms with Gasteiger partial charge in [0.15, 0.2) is 17.3 Å². The Kier molecular flexibility index (Phi) is 5.92. The third kappa shape index (κ3) is 3.79. The highest BCUT2D eigenvalue weighted by Gasteiger charge is 2.15. The molecule has 0 spiro atoms. The summed E-state index contributed by atoms with van der Waals surface area (Å²) in [5.41, 5.74) is 0.890. The van der Waals surface area contributed by atoms with Crippen LogP contribution in [-0.4, -0.2) is 35.3 Å². The third-order valence-electron chi connectivity index (χ3n) is 3.76. The molecule has 0 aliphatic heterocycles. The molecule has 23 heavy (non-hydrogen) atoms. The molecule has 1 aromatic carbocycles. The Bertz CT molecular complexity index is 732. The zero-order valence-corrected chi connectivity index (χ0v) is 14.7. The molecule has 0 saturated carbocycles. The van der Waals surface area contributed by atoms with Crippen molar-refractivity contribution in [3.63, 3.8) is 0 Å². The number of nitrogens with one attached hydrogen (secondary N) is 1. The number of methoxy groups -OCH3 is 2. The van der Waals surface area contributed by atoms with Gasteiger partial charge in [0.2, 0.25) is 4.77 Å². The first kappa shape index (κ1) is 17.2. The van der Waals surface area contributed by atoms with E-state index in [1.165, 1.54) is 0 Å². The fourth-order valence-electron chi connectivity index (χ4n) is 2.39. The molecule has 0 fully saturated rings. The smallest absolute Gasteiger partial charge is 0.216 e. The molecule has 0 radical (unpaired) electrons. The monoisotopic (exact) mass is 334 g/mol. The average molecular weight is 334 g/mol. The summed E-state index contributed by atoms with van der Waals surface area (Å²) < 4.78 is 12.7. The van der Waals surface area contributed by atoms with E-state index in [0.717, 1.165) is 24.2 Å². The van der Waals surface area contributed by atoms with Gasteiger partial charge < -0.3 is 9.47 Å². The van der Waals surface area contributed by atoms with Crippen LogP contribution in [0.2, 0.25) is 0 Å². The van der Waals surface area contributed by atoms with E-state index in [1.54, 1.807) is 25.1 Å². The molecule has 7 heteroatoms. The third-order valence-corrected chi connectivity index (χ3v) is 4.02. The molecule has 0 aliphatic rings. The minimum atomic E-state index is 0.325. The summed E-state index contributed by atoms with van der Waals surface area (Å²) in [4.78, 5) is 0. The van der Waals surface area contributed by atoms with Crippen molar-refractivity contribution in [3.05, 3.63) is 34.4 Å². The van der Waals surface area contributed by atoms with Crippen molar-refractivity contribution < 1.29 is 9.47 Å². The number of H-pyrrole nitrogens is 1. The van der Waals surface area contributed by atoms with Crippen LogP contribution < -0.4 is 9.47 Å². The van der Waals surface area contributed by atoms with E-state index < -0.39 is 0 Å². The van der Waals surface area contributed by atoms with Crippen molar-refractivity contribution in [2.24, 2.45) is 5.10 Å². The number of hydrogen-bond donors (Lipinski definition) is 1. The van der Waals surface area contributed by atoms with E-state index >= 15 is 0 Å². The second-order valence-corrected chi connectivity index (χ2v) is 5.46. The van der Waals surface area contributed by atoms with Gasteiger partial charge in [-0.05, 0) is 48.8 Å². The van der Waals surface area contributed by atoms with E-state index in [9.17, 15) is 0 Å². The highest BCUT2D eigenvalue weighted by Crippen LogP contribution is 2.27. The first-order valence-corrected chi connectivity index (χ1v) is 7.99. The molecule has 1 heterocycles. The van der Waals surface area contributed by atoms with Crippen molar-refractivity contribution in [2.75, 3.05) is 14.2 Å². The Hall–Kier alpha value is -2.15. The van der Waals surface area contributed by atoms with E-state index in [1.807, 2.05) is 18.2 Å². The van der Waals surface area contributed by atoms with Crippen LogP contribution in [0.3, 0.4) is 0 Å². The van der Waals surface area contributed by atoms with Crippen molar-refractivity contribution in [1.29, 1.82) is 0 Å². The fourth-order valence-corrected chi connectivity index (χ4v) is 2.58. The molecule has 0 atom stereocenters. The van der Waals surface area contributed by atoms with Gasteiger partial charge in [0.25, 0.3) is 0 Å². The van der Waals surface area contributed by atoms with Crippen molar-refractivity contribution >= 4 is 18.4 Å². The maximum absolute atomic E-state index is 5.30. The van der Waals surface area contributed by atoms with Crippen LogP contribution in [0.1, 0.15) is 44.0 Å². The molecule has 1 N–H and O–H groups in total. The minimum Gasteiger partial charge on any atom is -0.493 e. The van der Waals surface area contributed by atoms with Gasteiger partial charge in [0.1, 0.15) is 0 Å². The van der Waals surface area contributed by atoms with Gasteiger partial charge in [-0.3, -0.25) is 5.10 Å². The predicted octanol–water partition coefficient (Wildman–Crippen LogP) is 3.74. The van der Waals surface area contributed by atoms with Gasteiger partial charge in [-0.1, -0.05) is 13.8 Å². The zero-order chi connectivity index (χ0) is 16.8. The van der Waals surface area contributed by atoms with Crippen LogP contribution in [0.15, 0.2) is 23.3 Å². The molecular weight excluding hydrogens is 312 g/mol. The summed E-state index contributed by atoms with van der Waals surface area (Å²) >= 11 is 5.28. The van der Waals surface area contributed by atoms with Crippen LogP contribution in [0.25, 0.3) is 0 Å². The van der Waals surface area contributed by atoms with Gasteiger partial charge in [0, 0.05) is 5.92 Å². The highest BCUT2D eigenvalue weighted by atomic mass is 32.1. The molecule has 1 aromatic heterocycles. The number of ether oxygens (including phenoxy) is 2. The largest absolute Gasteiger partial charge is 0.493 e. The van der Waals surface area contributed by atoms with Crippen molar-refractivity contribution in [2.45, 2.75) is 32.6 Å². The number of benzene rings is 1. The number of nitrogens with zero attached hydrogens (tertiary/aromatic N) is 3. The van der Waals surface area contributed by atoms with Gasteiger partial charge in [-0.2, -0.15) is 14.9 Å². The molecule has 124 valence electrons. The Morgan fingerprint density at radius 3 is 2.57 bits per heavy atom. The predicted molar refractivity (Wildman–Crippen MR) is 93.3 cm³/mol. The summed E-state index contributed by atoms with van der Waals surface area (Å²) in [6, 6.07) is 5.62. The lowest BCUT2D eigenvalue weighted by Gasteiger charge is -2.10. The molecule has 6 nitrogen and oxygen atoms in total. The molecular formula is C16H22N4O2S. The first-order chi connectivity index (χ1) is 11.1. The summed E-state index contributed by atoms with van der Waals surface area (Å²) in [6.07, 6.45) is 3.71. The Labute approximate surface area is 141 Å². The van der Waals surface area contributed by atoms with Gasteiger partial charge >= 0.3 is 0 Å². The lowest BCUT2D eigenvalue weighted by molar-refractivity contribution is 0.355. The Balaban J connectivity index is 2.34. The zero-order valence-electron chi connectivity index (χ0n) is 13.9. The molecule has 2 aromatic rings. The Morgan fingerprint density at radius 1 is 1.26 bits per heavy atom.